The van der Waals surface area contributed by atoms with E-state index in [1.165, 1.54) is 6.92 Å². The molecule has 8 heteroatoms. The van der Waals surface area contributed by atoms with E-state index in [2.05, 4.69) is 15.4 Å². The van der Waals surface area contributed by atoms with Crippen LogP contribution in [0.5, 0.6) is 0 Å². The zero-order valence-electron chi connectivity index (χ0n) is 15.6. The molecule has 7 nitrogen and oxygen atoms in total. The van der Waals surface area contributed by atoms with Crippen LogP contribution in [0.1, 0.15) is 49.6 Å². The summed E-state index contributed by atoms with van der Waals surface area (Å²) in [5.74, 6) is -0.206. The lowest BCUT2D eigenvalue weighted by molar-refractivity contribution is -0.130. The molecule has 2 aromatic heterocycles. The average Bonchev–Trinajstić information content (AvgIpc) is 3.39. The highest BCUT2D eigenvalue weighted by Crippen LogP contribution is 2.35. The Bertz CT molecular complexity index is 1050. The number of thiophene rings is 1. The number of hydrogen-bond acceptors (Lipinski definition) is 6. The molecule has 0 saturated carbocycles. The molecule has 0 fully saturated rings. The predicted octanol–water partition coefficient (Wildman–Crippen LogP) is 4.33. The Labute approximate surface area is 166 Å². The highest BCUT2D eigenvalue weighted by molar-refractivity contribution is 7.10. The molecule has 0 spiro atoms. The lowest BCUT2D eigenvalue weighted by atomic mass is 10.0. The molecule has 2 amide bonds. The number of nitrogens with one attached hydrogen (secondary N) is 1. The van der Waals surface area contributed by atoms with Crippen LogP contribution < -0.4 is 5.32 Å². The topological polar surface area (TPSA) is 87.8 Å². The number of carbonyl (C=O) groups excluding carboxylic acids is 2. The maximum Gasteiger partial charge on any atom is 0.302 e. The molecule has 0 bridgehead atoms. The van der Waals surface area contributed by atoms with Crippen LogP contribution in [-0.4, -0.2) is 27.5 Å². The molecule has 3 aromatic rings. The van der Waals surface area contributed by atoms with Gasteiger partial charge in [0.05, 0.1) is 11.8 Å². The normalized spacial score (nSPS) is 16.4. The second kappa shape index (κ2) is 7.55. The molecule has 3 heterocycles. The molecule has 28 heavy (non-hydrogen) atoms. The largest absolute Gasteiger partial charge is 0.423 e. The van der Waals surface area contributed by atoms with Crippen molar-refractivity contribution in [1.29, 1.82) is 0 Å². The summed E-state index contributed by atoms with van der Waals surface area (Å²) < 4.78 is 5.60. The molecule has 0 radical (unpaired) electrons. The molecule has 1 aromatic carbocycles. The number of carbonyl (C=O) groups is 2. The number of amides is 2. The van der Waals surface area contributed by atoms with Crippen molar-refractivity contribution in [2.24, 2.45) is 5.10 Å². The first kappa shape index (κ1) is 18.4. The molecule has 0 saturated heterocycles. The minimum Gasteiger partial charge on any atom is -0.423 e. The third-order valence-electron chi connectivity index (χ3n) is 4.55. The van der Waals surface area contributed by atoms with Crippen LogP contribution in [0.15, 0.2) is 45.2 Å². The fourth-order valence-corrected chi connectivity index (χ4v) is 4.06. The van der Waals surface area contributed by atoms with Gasteiger partial charge in [-0.2, -0.15) is 10.1 Å². The zero-order chi connectivity index (χ0) is 19.7. The SMILES string of the molecule is CCCC(=O)Nc1nc2cc(C3=NN(C(C)=O)C(c4cccs4)C3)ccc2o1. The van der Waals surface area contributed by atoms with Crippen molar-refractivity contribution in [3.05, 3.63) is 46.2 Å². The van der Waals surface area contributed by atoms with Gasteiger partial charge in [0.25, 0.3) is 0 Å². The summed E-state index contributed by atoms with van der Waals surface area (Å²) in [6, 6.07) is 9.71. The molecule has 1 aliphatic rings. The minimum atomic E-state index is -0.120. The highest BCUT2D eigenvalue weighted by Gasteiger charge is 2.32. The lowest BCUT2D eigenvalue weighted by Gasteiger charge is -2.18. The second-order valence-corrected chi connectivity index (χ2v) is 7.62. The summed E-state index contributed by atoms with van der Waals surface area (Å²) >= 11 is 1.62. The number of hydrogen-bond donors (Lipinski definition) is 1. The van der Waals surface area contributed by atoms with E-state index in [9.17, 15) is 9.59 Å². The summed E-state index contributed by atoms with van der Waals surface area (Å²) in [5.41, 5.74) is 2.95. The van der Waals surface area contributed by atoms with Gasteiger partial charge < -0.3 is 4.42 Å². The van der Waals surface area contributed by atoms with Gasteiger partial charge in [0.1, 0.15) is 5.52 Å². The number of hydrazone groups is 1. The number of benzene rings is 1. The third kappa shape index (κ3) is 3.55. The van der Waals surface area contributed by atoms with Crippen molar-refractivity contribution in [3.63, 3.8) is 0 Å². The van der Waals surface area contributed by atoms with E-state index in [0.29, 0.717) is 23.9 Å². The molecular formula is C20H20N4O3S. The summed E-state index contributed by atoms with van der Waals surface area (Å²) in [6.07, 6.45) is 1.82. The van der Waals surface area contributed by atoms with Crippen LogP contribution in [0, 0.1) is 0 Å². The van der Waals surface area contributed by atoms with Gasteiger partial charge in [0.2, 0.25) is 11.8 Å². The second-order valence-electron chi connectivity index (χ2n) is 6.65. The number of rotatable bonds is 5. The predicted molar refractivity (Wildman–Crippen MR) is 108 cm³/mol. The van der Waals surface area contributed by atoms with Crippen LogP contribution in [0.2, 0.25) is 0 Å². The first-order valence-corrected chi connectivity index (χ1v) is 10.0. The van der Waals surface area contributed by atoms with Crippen LogP contribution in [0.4, 0.5) is 6.01 Å². The standard InChI is InChI=1S/C20H20N4O3S/c1-3-5-19(26)22-20-21-15-10-13(7-8-17(15)27-20)14-11-16(18-6-4-9-28-18)24(23-14)12(2)25/h4,6-10,16H,3,5,11H2,1-2H3,(H,21,22,26). The van der Waals surface area contributed by atoms with E-state index in [1.54, 1.807) is 16.3 Å². The average molecular weight is 396 g/mol. The van der Waals surface area contributed by atoms with Gasteiger partial charge in [0.15, 0.2) is 5.58 Å². The van der Waals surface area contributed by atoms with E-state index in [-0.39, 0.29) is 23.9 Å². The maximum absolute atomic E-state index is 12.1. The van der Waals surface area contributed by atoms with E-state index in [4.69, 9.17) is 4.42 Å². The quantitative estimate of drug-likeness (QED) is 0.695. The van der Waals surface area contributed by atoms with Crippen LogP contribution in [0.25, 0.3) is 11.1 Å². The molecule has 4 rings (SSSR count). The Kier molecular flexibility index (Phi) is 4.95. The van der Waals surface area contributed by atoms with Gasteiger partial charge in [-0.05, 0) is 36.1 Å². The summed E-state index contributed by atoms with van der Waals surface area (Å²) in [7, 11) is 0. The first-order chi connectivity index (χ1) is 13.5. The fourth-order valence-electron chi connectivity index (χ4n) is 3.25. The number of fused-ring (bicyclic) bond motifs is 1. The van der Waals surface area contributed by atoms with E-state index >= 15 is 0 Å². The fraction of sp³-hybridized carbons (Fsp3) is 0.300. The summed E-state index contributed by atoms with van der Waals surface area (Å²) in [5, 5.41) is 10.8. The molecule has 0 aliphatic carbocycles. The van der Waals surface area contributed by atoms with Crippen LogP contribution in [0.3, 0.4) is 0 Å². The minimum absolute atomic E-state index is 0.0793. The van der Waals surface area contributed by atoms with Crippen LogP contribution >= 0.6 is 11.3 Å². The van der Waals surface area contributed by atoms with Crippen LogP contribution in [-0.2, 0) is 9.59 Å². The molecule has 1 atom stereocenters. The molecule has 1 aliphatic heterocycles. The Morgan fingerprint density at radius 1 is 1.36 bits per heavy atom. The van der Waals surface area contributed by atoms with Crippen molar-refractivity contribution < 1.29 is 14.0 Å². The lowest BCUT2D eigenvalue weighted by Crippen LogP contribution is -2.23. The summed E-state index contributed by atoms with van der Waals surface area (Å²) in [6.45, 7) is 3.47. The highest BCUT2D eigenvalue weighted by atomic mass is 32.1. The van der Waals surface area contributed by atoms with Gasteiger partial charge in [-0.3, -0.25) is 14.9 Å². The van der Waals surface area contributed by atoms with E-state index in [0.717, 1.165) is 22.6 Å². The molecule has 144 valence electrons. The molecule has 1 N–H and O–H groups in total. The van der Waals surface area contributed by atoms with Crippen molar-refractivity contribution >= 4 is 46.0 Å². The van der Waals surface area contributed by atoms with Gasteiger partial charge in [-0.25, -0.2) is 5.01 Å². The number of nitrogens with zero attached hydrogens (tertiary/aromatic N) is 3. The van der Waals surface area contributed by atoms with Crippen molar-refractivity contribution in [1.82, 2.24) is 9.99 Å². The van der Waals surface area contributed by atoms with Crippen molar-refractivity contribution in [3.8, 4) is 0 Å². The van der Waals surface area contributed by atoms with Gasteiger partial charge in [-0.1, -0.05) is 13.0 Å². The van der Waals surface area contributed by atoms with Gasteiger partial charge >= 0.3 is 6.01 Å². The first-order valence-electron chi connectivity index (χ1n) is 9.16. The Hall–Kier alpha value is -3.00. The molecule has 1 unspecified atom stereocenters. The zero-order valence-corrected chi connectivity index (χ0v) is 16.5. The van der Waals surface area contributed by atoms with Crippen molar-refractivity contribution in [2.75, 3.05) is 5.32 Å². The van der Waals surface area contributed by atoms with Gasteiger partial charge in [0, 0.05) is 30.2 Å². The van der Waals surface area contributed by atoms with Gasteiger partial charge in [-0.15, -0.1) is 11.3 Å². The Balaban J connectivity index is 1.61. The number of aromatic nitrogens is 1. The molecular weight excluding hydrogens is 376 g/mol. The van der Waals surface area contributed by atoms with E-state index in [1.807, 2.05) is 42.6 Å². The Morgan fingerprint density at radius 3 is 2.93 bits per heavy atom. The Morgan fingerprint density at radius 2 is 2.21 bits per heavy atom. The number of anilines is 1. The van der Waals surface area contributed by atoms with E-state index < -0.39 is 0 Å². The smallest absolute Gasteiger partial charge is 0.302 e. The third-order valence-corrected chi connectivity index (χ3v) is 5.52. The monoisotopic (exact) mass is 396 g/mol. The number of oxazole rings is 1. The summed E-state index contributed by atoms with van der Waals surface area (Å²) in [4.78, 5) is 29.3. The maximum atomic E-state index is 12.1. The van der Waals surface area contributed by atoms with Crippen molar-refractivity contribution in [2.45, 2.75) is 39.2 Å².